The average molecular weight is 186 g/mol. The molecule has 0 saturated heterocycles. The zero-order chi connectivity index (χ0) is 10.4. The number of nitrogens with two attached hydrogens (primary N) is 1. The van der Waals surface area contributed by atoms with Gasteiger partial charge in [-0.1, -0.05) is 6.92 Å². The van der Waals surface area contributed by atoms with Crippen LogP contribution in [0, 0.1) is 5.92 Å². The van der Waals surface area contributed by atoms with Crippen molar-refractivity contribution < 1.29 is 4.79 Å². The molecule has 0 spiro atoms. The maximum atomic E-state index is 11.5. The largest absolute Gasteiger partial charge is 0.343 e. The third kappa shape index (κ3) is 4.88. The first-order valence-corrected chi connectivity index (χ1v) is 4.94. The highest BCUT2D eigenvalue weighted by Gasteiger charge is 2.12. The minimum Gasteiger partial charge on any atom is -0.343 e. The van der Waals surface area contributed by atoms with Gasteiger partial charge in [0.25, 0.3) is 0 Å². The van der Waals surface area contributed by atoms with E-state index >= 15 is 0 Å². The van der Waals surface area contributed by atoms with E-state index in [1.807, 2.05) is 20.9 Å². The normalized spacial score (nSPS) is 13.1. The van der Waals surface area contributed by atoms with Gasteiger partial charge in [0.15, 0.2) is 0 Å². The van der Waals surface area contributed by atoms with Gasteiger partial charge < -0.3 is 10.6 Å². The van der Waals surface area contributed by atoms with Crippen LogP contribution in [0.3, 0.4) is 0 Å². The fraction of sp³-hybridized carbons (Fsp3) is 0.900. The molecular formula is C10H22N2O. The van der Waals surface area contributed by atoms with Crippen molar-refractivity contribution in [3.8, 4) is 0 Å². The molecule has 0 radical (unpaired) electrons. The van der Waals surface area contributed by atoms with Crippen LogP contribution in [0.4, 0.5) is 0 Å². The van der Waals surface area contributed by atoms with Gasteiger partial charge in [0.2, 0.25) is 5.91 Å². The van der Waals surface area contributed by atoms with Crippen LogP contribution in [0.5, 0.6) is 0 Å². The highest BCUT2D eigenvalue weighted by Crippen LogP contribution is 2.06. The van der Waals surface area contributed by atoms with E-state index in [0.717, 1.165) is 6.42 Å². The Balaban J connectivity index is 3.74. The lowest BCUT2D eigenvalue weighted by Gasteiger charge is -2.22. The number of rotatable bonds is 5. The summed E-state index contributed by atoms with van der Waals surface area (Å²) in [5.41, 5.74) is 5.47. The first kappa shape index (κ1) is 12.4. The van der Waals surface area contributed by atoms with E-state index in [0.29, 0.717) is 24.9 Å². The van der Waals surface area contributed by atoms with Crippen LogP contribution in [-0.4, -0.2) is 30.4 Å². The van der Waals surface area contributed by atoms with E-state index in [-0.39, 0.29) is 5.91 Å². The third-order valence-corrected chi connectivity index (χ3v) is 2.42. The summed E-state index contributed by atoms with van der Waals surface area (Å²) in [6.07, 6.45) is 1.51. The number of amides is 1. The predicted octanol–water partition coefficient (Wildman–Crippen LogP) is 1.23. The molecule has 0 aliphatic heterocycles. The van der Waals surface area contributed by atoms with Crippen molar-refractivity contribution >= 4 is 5.91 Å². The van der Waals surface area contributed by atoms with Crippen LogP contribution in [-0.2, 0) is 4.79 Å². The molecule has 0 rings (SSSR count). The minimum absolute atomic E-state index is 0.218. The standard InChI is InChI=1S/C10H22N2O/c1-8(2)12(4)10(13)6-5-9(3)7-11/h8-9H,5-7,11H2,1-4H3. The number of carbonyl (C=O) groups excluding carboxylic acids is 1. The average Bonchev–Trinajstić information content (AvgIpc) is 2.11. The summed E-state index contributed by atoms with van der Waals surface area (Å²) in [5.74, 6) is 0.666. The van der Waals surface area contributed by atoms with Crippen LogP contribution in [0.15, 0.2) is 0 Å². The first-order chi connectivity index (χ1) is 5.99. The van der Waals surface area contributed by atoms with Gasteiger partial charge in [-0.15, -0.1) is 0 Å². The number of hydrogen-bond donors (Lipinski definition) is 1. The van der Waals surface area contributed by atoms with Crippen LogP contribution >= 0.6 is 0 Å². The number of hydrogen-bond acceptors (Lipinski definition) is 2. The van der Waals surface area contributed by atoms with Gasteiger partial charge in [0.05, 0.1) is 0 Å². The first-order valence-electron chi connectivity index (χ1n) is 4.94. The quantitative estimate of drug-likeness (QED) is 0.702. The second-order valence-corrected chi connectivity index (χ2v) is 3.98. The highest BCUT2D eigenvalue weighted by molar-refractivity contribution is 5.76. The minimum atomic E-state index is 0.218. The monoisotopic (exact) mass is 186 g/mol. The Bertz CT molecular complexity index is 157. The summed E-state index contributed by atoms with van der Waals surface area (Å²) in [6, 6.07) is 0.292. The predicted molar refractivity (Wildman–Crippen MR) is 55.4 cm³/mol. The summed E-state index contributed by atoms with van der Waals surface area (Å²) in [4.78, 5) is 13.3. The number of carbonyl (C=O) groups is 1. The molecule has 0 bridgehead atoms. The number of nitrogens with zero attached hydrogens (tertiary/aromatic N) is 1. The Hall–Kier alpha value is -0.570. The maximum absolute atomic E-state index is 11.5. The van der Waals surface area contributed by atoms with Crippen molar-refractivity contribution in [3.63, 3.8) is 0 Å². The zero-order valence-corrected chi connectivity index (χ0v) is 9.21. The molecule has 0 aromatic rings. The molecule has 3 nitrogen and oxygen atoms in total. The van der Waals surface area contributed by atoms with Crippen LogP contribution in [0.25, 0.3) is 0 Å². The SMILES string of the molecule is CC(CN)CCC(=O)N(C)C(C)C. The van der Waals surface area contributed by atoms with Crippen molar-refractivity contribution in [3.05, 3.63) is 0 Å². The summed E-state index contributed by atoms with van der Waals surface area (Å²) >= 11 is 0. The van der Waals surface area contributed by atoms with Crippen LogP contribution < -0.4 is 5.73 Å². The second kappa shape index (κ2) is 5.97. The molecule has 2 N–H and O–H groups in total. The molecule has 1 unspecified atom stereocenters. The van der Waals surface area contributed by atoms with E-state index in [4.69, 9.17) is 5.73 Å². The van der Waals surface area contributed by atoms with Crippen molar-refractivity contribution in [2.75, 3.05) is 13.6 Å². The van der Waals surface area contributed by atoms with Crippen LogP contribution in [0.2, 0.25) is 0 Å². The fourth-order valence-corrected chi connectivity index (χ4v) is 0.952. The molecule has 0 aromatic carbocycles. The van der Waals surface area contributed by atoms with E-state index < -0.39 is 0 Å². The van der Waals surface area contributed by atoms with Gasteiger partial charge in [-0.05, 0) is 32.7 Å². The van der Waals surface area contributed by atoms with Crippen molar-refractivity contribution in [1.82, 2.24) is 4.90 Å². The summed E-state index contributed by atoms with van der Waals surface area (Å²) in [6.45, 7) is 6.77. The lowest BCUT2D eigenvalue weighted by molar-refractivity contribution is -0.131. The summed E-state index contributed by atoms with van der Waals surface area (Å²) in [7, 11) is 1.85. The molecule has 0 aromatic heterocycles. The Morgan fingerprint density at radius 3 is 2.31 bits per heavy atom. The van der Waals surface area contributed by atoms with Crippen molar-refractivity contribution in [1.29, 1.82) is 0 Å². The molecule has 0 aliphatic carbocycles. The van der Waals surface area contributed by atoms with Gasteiger partial charge in [-0.2, -0.15) is 0 Å². The third-order valence-electron chi connectivity index (χ3n) is 2.42. The molecule has 0 heterocycles. The van der Waals surface area contributed by atoms with Gasteiger partial charge in [-0.25, -0.2) is 0 Å². The maximum Gasteiger partial charge on any atom is 0.222 e. The van der Waals surface area contributed by atoms with E-state index in [1.165, 1.54) is 0 Å². The summed E-state index contributed by atoms with van der Waals surface area (Å²) in [5, 5.41) is 0. The molecule has 13 heavy (non-hydrogen) atoms. The van der Waals surface area contributed by atoms with Crippen molar-refractivity contribution in [2.45, 2.75) is 39.7 Å². The molecule has 0 aliphatic rings. The Labute approximate surface area is 81.3 Å². The fourth-order valence-electron chi connectivity index (χ4n) is 0.952. The summed E-state index contributed by atoms with van der Waals surface area (Å²) < 4.78 is 0. The lowest BCUT2D eigenvalue weighted by atomic mass is 10.1. The van der Waals surface area contributed by atoms with Gasteiger partial charge in [0, 0.05) is 19.5 Å². The van der Waals surface area contributed by atoms with E-state index in [2.05, 4.69) is 6.92 Å². The van der Waals surface area contributed by atoms with Gasteiger partial charge in [-0.3, -0.25) is 4.79 Å². The Morgan fingerprint density at radius 1 is 1.38 bits per heavy atom. The molecule has 0 fully saturated rings. The molecule has 3 heteroatoms. The molecule has 1 atom stereocenters. The molecular weight excluding hydrogens is 164 g/mol. The molecule has 1 amide bonds. The van der Waals surface area contributed by atoms with Crippen LogP contribution in [0.1, 0.15) is 33.6 Å². The molecule has 78 valence electrons. The zero-order valence-electron chi connectivity index (χ0n) is 9.21. The lowest BCUT2D eigenvalue weighted by Crippen LogP contribution is -2.33. The Morgan fingerprint density at radius 2 is 1.92 bits per heavy atom. The van der Waals surface area contributed by atoms with Crippen molar-refractivity contribution in [2.24, 2.45) is 11.7 Å². The Kier molecular flexibility index (Phi) is 5.71. The van der Waals surface area contributed by atoms with Gasteiger partial charge >= 0.3 is 0 Å². The second-order valence-electron chi connectivity index (χ2n) is 3.98. The molecule has 0 saturated carbocycles. The highest BCUT2D eigenvalue weighted by atomic mass is 16.2. The van der Waals surface area contributed by atoms with E-state index in [9.17, 15) is 4.79 Å². The van der Waals surface area contributed by atoms with Gasteiger partial charge in [0.1, 0.15) is 0 Å². The smallest absolute Gasteiger partial charge is 0.222 e. The van der Waals surface area contributed by atoms with E-state index in [1.54, 1.807) is 4.90 Å². The topological polar surface area (TPSA) is 46.3 Å².